The van der Waals surface area contributed by atoms with Crippen LogP contribution in [0.3, 0.4) is 0 Å². The molecule has 0 aromatic rings. The summed E-state index contributed by atoms with van der Waals surface area (Å²) in [4.78, 5) is 151. The second kappa shape index (κ2) is 30.7. The zero-order valence-electron chi connectivity index (χ0n) is 39.8. The van der Waals surface area contributed by atoms with Crippen molar-refractivity contribution in [2.24, 2.45) is 11.5 Å². The Morgan fingerprint density at radius 3 is 1.64 bits per heavy atom. The van der Waals surface area contributed by atoms with E-state index in [0.29, 0.717) is 19.4 Å². The van der Waals surface area contributed by atoms with Crippen LogP contribution in [0.1, 0.15) is 80.1 Å². The first kappa shape index (κ1) is 63.2. The van der Waals surface area contributed by atoms with Gasteiger partial charge in [-0.25, -0.2) is 0 Å². The molecule has 0 fully saturated rings. The van der Waals surface area contributed by atoms with Gasteiger partial charge in [0.1, 0.15) is 30.2 Å². The molecule has 27 nitrogen and oxygen atoms in total. The van der Waals surface area contributed by atoms with Crippen molar-refractivity contribution in [3.8, 4) is 0 Å². The molecule has 0 aromatic carbocycles. The smallest absolute Gasteiger partial charge is 0.303 e. The quantitative estimate of drug-likeness (QED) is 0.0220. The maximum Gasteiger partial charge on any atom is 0.303 e. The predicted molar refractivity (Wildman–Crippen MR) is 252 cm³/mol. The number of amides is 11. The zero-order chi connectivity index (χ0) is 53.4. The molecule has 1 unspecified atom stereocenters. The lowest BCUT2D eigenvalue weighted by molar-refractivity contribution is -0.139. The Hall–Kier alpha value is -5.78. The van der Waals surface area contributed by atoms with Crippen molar-refractivity contribution in [1.82, 2.24) is 52.8 Å². The predicted octanol–water partition coefficient (Wildman–Crippen LogP) is -6.62. The Kier molecular flexibility index (Phi) is 28.1. The van der Waals surface area contributed by atoms with Gasteiger partial charge in [0.15, 0.2) is 0 Å². The van der Waals surface area contributed by atoms with E-state index >= 15 is 0 Å². The van der Waals surface area contributed by atoms with Gasteiger partial charge in [-0.1, -0.05) is 0 Å². The molecule has 0 saturated carbocycles. The number of primary amides is 1. The SMILES string of the molecule is CC(=O)N[C@H](C(=O)N(C)CC(=O)N[C@@H](CO)C(=O)NCC(=O)N[C@H](C(=O)NCC(=O)N[C@H](C(=O)NCC(=O)N[C@@H](CCC(=O)O)CC(=O)N[C@H](CCCCN)C(N)=O)C(C)(C)S)C(C)O)C(C)(C)S. The van der Waals surface area contributed by atoms with E-state index in [2.05, 4.69) is 73.1 Å². The molecule has 7 atom stereocenters. The van der Waals surface area contributed by atoms with Gasteiger partial charge in [0.2, 0.25) is 65.0 Å². The summed E-state index contributed by atoms with van der Waals surface area (Å²) in [5.41, 5.74) is 10.9. The fourth-order valence-electron chi connectivity index (χ4n) is 5.99. The van der Waals surface area contributed by atoms with Crippen LogP contribution in [0.2, 0.25) is 0 Å². The zero-order valence-corrected chi connectivity index (χ0v) is 41.6. The maximum atomic E-state index is 13.2. The van der Waals surface area contributed by atoms with Crippen LogP contribution < -0.4 is 59.3 Å². The first-order valence-electron chi connectivity index (χ1n) is 21.6. The summed E-state index contributed by atoms with van der Waals surface area (Å²) >= 11 is 8.69. The van der Waals surface area contributed by atoms with Crippen LogP contribution in [-0.2, 0) is 57.5 Å². The summed E-state index contributed by atoms with van der Waals surface area (Å²) in [5.74, 6) is -10.7. The number of unbranched alkanes of at least 4 members (excludes halogenated alkanes) is 1. The first-order chi connectivity index (χ1) is 31.8. The first-order valence-corrected chi connectivity index (χ1v) is 22.5. The standard InChI is InChI=1S/C40H70N12O15S2/c1-20(54)31(50-27(58)16-43-35(64)24(19-53)49-29(60)18-52(7)38(67)33(40(5,6)69)46-21(2)55)36(65)44-17-28(59)51-32(39(3,4)68)37(66)45-15-26(57)47-22(11-12-30(61)62)14-25(56)48-23(34(42)63)10-8-9-13-41/h20,22-24,31-33,53-54,68-69H,8-19,41H2,1-7H3,(H2,42,63)(H,43,64)(H,44,65)(H,45,66)(H,46,55)(H,47,57)(H,48,56)(H,49,60)(H,50,58)(H,51,59)(H,61,62)/t20?,22-,23+,24-,31-,32+,33+/m0/s1. The largest absolute Gasteiger partial charge is 0.481 e. The maximum absolute atomic E-state index is 13.2. The van der Waals surface area contributed by atoms with E-state index in [4.69, 9.17) is 11.5 Å². The van der Waals surface area contributed by atoms with Crippen molar-refractivity contribution in [1.29, 1.82) is 0 Å². The number of carboxylic acids is 1. The lowest BCUT2D eigenvalue weighted by atomic mass is 10.0. The molecule has 16 N–H and O–H groups in total. The van der Waals surface area contributed by atoms with Gasteiger partial charge in [0.25, 0.3) is 0 Å². The average molecular weight is 1020 g/mol. The monoisotopic (exact) mass is 1020 g/mol. The van der Waals surface area contributed by atoms with Gasteiger partial charge in [-0.05, 0) is 66.8 Å². The average Bonchev–Trinajstić information content (AvgIpc) is 3.23. The van der Waals surface area contributed by atoms with Gasteiger partial charge < -0.3 is 79.5 Å². The summed E-state index contributed by atoms with van der Waals surface area (Å²) in [6.45, 7) is 4.84. The summed E-state index contributed by atoms with van der Waals surface area (Å²) in [5, 5.41) is 49.9. The van der Waals surface area contributed by atoms with Gasteiger partial charge in [0.05, 0.1) is 38.9 Å². The number of nitrogens with zero attached hydrogens (tertiary/aromatic N) is 1. The van der Waals surface area contributed by atoms with Gasteiger partial charge in [0, 0.05) is 42.3 Å². The Morgan fingerprint density at radius 2 is 1.16 bits per heavy atom. The number of likely N-dealkylation sites (N-methyl/N-ethyl adjacent to an activating group) is 1. The Bertz CT molecular complexity index is 1840. The third-order valence-electron chi connectivity index (χ3n) is 9.65. The third kappa shape index (κ3) is 26.0. The molecule has 392 valence electrons. The van der Waals surface area contributed by atoms with E-state index in [1.807, 2.05) is 0 Å². The fourth-order valence-corrected chi connectivity index (χ4v) is 6.35. The van der Waals surface area contributed by atoms with Crippen LogP contribution in [0, 0.1) is 0 Å². The number of hydrogen-bond acceptors (Lipinski definition) is 17. The Balaban J connectivity index is 5.41. The summed E-state index contributed by atoms with van der Waals surface area (Å²) in [7, 11) is 1.26. The van der Waals surface area contributed by atoms with Gasteiger partial charge in [-0.3, -0.25) is 57.5 Å². The van der Waals surface area contributed by atoms with E-state index in [-0.39, 0.29) is 12.8 Å². The van der Waals surface area contributed by atoms with Crippen molar-refractivity contribution in [2.75, 3.05) is 46.4 Å². The summed E-state index contributed by atoms with van der Waals surface area (Å²) in [6.07, 6.45) is -1.36. The molecule has 29 heteroatoms. The van der Waals surface area contributed by atoms with Crippen LogP contribution in [-0.4, -0.2) is 189 Å². The molecule has 0 aliphatic carbocycles. The number of nitrogens with one attached hydrogen (secondary N) is 9. The molecule has 0 bridgehead atoms. The molecule has 0 spiro atoms. The second-order valence-electron chi connectivity index (χ2n) is 17.1. The van der Waals surface area contributed by atoms with E-state index < -0.39 is 168 Å². The molecule has 0 aliphatic rings. The van der Waals surface area contributed by atoms with Crippen molar-refractivity contribution < 1.29 is 72.9 Å². The molecule has 0 rings (SSSR count). The van der Waals surface area contributed by atoms with E-state index in [1.54, 1.807) is 13.8 Å². The summed E-state index contributed by atoms with van der Waals surface area (Å²) in [6, 6.07) is -7.93. The number of aliphatic hydroxyl groups excluding tert-OH is 2. The minimum Gasteiger partial charge on any atom is -0.481 e. The molecule has 0 aromatic heterocycles. The van der Waals surface area contributed by atoms with Crippen LogP contribution in [0.15, 0.2) is 0 Å². The number of rotatable bonds is 32. The highest BCUT2D eigenvalue weighted by Crippen LogP contribution is 2.20. The number of carbonyl (C=O) groups is 12. The lowest BCUT2D eigenvalue weighted by Gasteiger charge is -2.32. The minimum atomic E-state index is -1.69. The van der Waals surface area contributed by atoms with E-state index in [1.165, 1.54) is 27.8 Å². The highest BCUT2D eigenvalue weighted by atomic mass is 32.1. The van der Waals surface area contributed by atoms with Crippen molar-refractivity contribution in [3.63, 3.8) is 0 Å². The third-order valence-corrected chi connectivity index (χ3v) is 10.2. The van der Waals surface area contributed by atoms with Gasteiger partial charge >= 0.3 is 5.97 Å². The number of hydrogen-bond donors (Lipinski definition) is 16. The number of aliphatic carboxylic acids is 1. The number of carbonyl (C=O) groups excluding carboxylic acids is 11. The van der Waals surface area contributed by atoms with Crippen LogP contribution in [0.5, 0.6) is 0 Å². The summed E-state index contributed by atoms with van der Waals surface area (Å²) < 4.78 is -2.32. The van der Waals surface area contributed by atoms with Crippen LogP contribution >= 0.6 is 25.3 Å². The highest BCUT2D eigenvalue weighted by molar-refractivity contribution is 7.82. The molecular weight excluding hydrogens is 953 g/mol. The van der Waals surface area contributed by atoms with Crippen molar-refractivity contribution in [3.05, 3.63) is 0 Å². The van der Waals surface area contributed by atoms with E-state index in [9.17, 15) is 72.9 Å². The highest BCUT2D eigenvalue weighted by Gasteiger charge is 2.37. The number of thiol groups is 2. The van der Waals surface area contributed by atoms with E-state index in [0.717, 1.165) is 11.8 Å². The fraction of sp³-hybridized carbons (Fsp3) is 0.700. The molecule has 11 amide bonds. The normalized spacial score (nSPS) is 14.3. The topological polar surface area (TPSA) is 429 Å². The van der Waals surface area contributed by atoms with Crippen molar-refractivity contribution >= 4 is 96.2 Å². The molecular formula is C40H70N12O15S2. The molecule has 0 heterocycles. The number of aliphatic hydroxyl groups is 2. The molecule has 0 radical (unpaired) electrons. The van der Waals surface area contributed by atoms with Crippen LogP contribution in [0.4, 0.5) is 0 Å². The van der Waals surface area contributed by atoms with Crippen LogP contribution in [0.25, 0.3) is 0 Å². The number of carboxylic acid groups (broad SMARTS) is 1. The Labute approximate surface area is 410 Å². The van der Waals surface area contributed by atoms with Gasteiger partial charge in [-0.15, -0.1) is 0 Å². The minimum absolute atomic E-state index is 0.195. The lowest BCUT2D eigenvalue weighted by Crippen LogP contribution is -2.59. The number of nitrogens with two attached hydrogens (primary N) is 2. The molecule has 0 aliphatic heterocycles. The second-order valence-corrected chi connectivity index (χ2v) is 19.4. The molecule has 0 saturated heterocycles. The molecule has 69 heavy (non-hydrogen) atoms. The van der Waals surface area contributed by atoms with Crippen molar-refractivity contribution in [2.45, 2.75) is 132 Å². The van der Waals surface area contributed by atoms with Gasteiger partial charge in [-0.2, -0.15) is 25.3 Å². The Morgan fingerprint density at radius 1 is 0.652 bits per heavy atom.